The van der Waals surface area contributed by atoms with Crippen LogP contribution in [0.4, 0.5) is 18.9 Å². The van der Waals surface area contributed by atoms with Crippen LogP contribution in [0.1, 0.15) is 38.4 Å². The number of amides is 1. The Kier molecular flexibility index (Phi) is 8.93. The summed E-state index contributed by atoms with van der Waals surface area (Å²) in [4.78, 5) is 21.7. The number of carbonyl (C=O) groups is 1. The maximum Gasteiger partial charge on any atom is 0.433 e. The molecule has 12 heteroatoms. The van der Waals surface area contributed by atoms with Gasteiger partial charge >= 0.3 is 6.18 Å². The third-order valence-corrected chi connectivity index (χ3v) is 7.52. The van der Waals surface area contributed by atoms with E-state index in [9.17, 15) is 23.1 Å². The second-order valence-corrected chi connectivity index (χ2v) is 10.8. The number of fused-ring (bicyclic) bond motifs is 2. The Hall–Kier alpha value is -4.42. The highest BCUT2D eigenvalue weighted by Gasteiger charge is 2.38. The molecule has 232 valence electrons. The van der Waals surface area contributed by atoms with Crippen molar-refractivity contribution in [1.29, 1.82) is 0 Å². The number of alkyl halides is 3. The van der Waals surface area contributed by atoms with Gasteiger partial charge in [0.1, 0.15) is 29.3 Å². The Labute approximate surface area is 252 Å². The number of rotatable bonds is 10. The smallest absolute Gasteiger partial charge is 0.433 e. The lowest BCUT2D eigenvalue weighted by Gasteiger charge is -2.24. The Morgan fingerprint density at radius 3 is 2.55 bits per heavy atom. The predicted molar refractivity (Wildman–Crippen MR) is 163 cm³/mol. The highest BCUT2D eigenvalue weighted by molar-refractivity contribution is 6.09. The minimum Gasteiger partial charge on any atom is -0.488 e. The van der Waals surface area contributed by atoms with Crippen LogP contribution in [0.15, 0.2) is 71.7 Å². The molecular formula is C32H34F3N5O4. The molecule has 0 saturated heterocycles. The molecule has 4 aromatic rings. The van der Waals surface area contributed by atoms with E-state index in [2.05, 4.69) is 20.6 Å². The average Bonchev–Trinajstić information content (AvgIpc) is 3.45. The fourth-order valence-corrected chi connectivity index (χ4v) is 4.88. The lowest BCUT2D eigenvalue weighted by molar-refractivity contribution is -0.141. The maximum absolute atomic E-state index is 13.5. The molecule has 0 aliphatic carbocycles. The molecular weight excluding hydrogens is 575 g/mol. The number of hydrogen-bond acceptors (Lipinski definition) is 8. The average molecular weight is 610 g/mol. The molecule has 0 radical (unpaired) electrons. The lowest BCUT2D eigenvalue weighted by atomic mass is 10.1. The van der Waals surface area contributed by atoms with Gasteiger partial charge in [0.05, 0.1) is 12.1 Å². The molecule has 1 aromatic heterocycles. The van der Waals surface area contributed by atoms with E-state index in [1.807, 2.05) is 56.3 Å². The van der Waals surface area contributed by atoms with Gasteiger partial charge in [0.2, 0.25) is 11.8 Å². The normalized spacial score (nSPS) is 18.8. The van der Waals surface area contributed by atoms with E-state index in [1.165, 1.54) is 12.1 Å². The minimum absolute atomic E-state index is 0.00219. The van der Waals surface area contributed by atoms with E-state index in [4.69, 9.17) is 15.2 Å². The number of nitrogens with one attached hydrogen (secondary N) is 2. The van der Waals surface area contributed by atoms with E-state index in [0.717, 1.165) is 16.8 Å². The van der Waals surface area contributed by atoms with Crippen LogP contribution in [0.2, 0.25) is 0 Å². The number of ether oxygens (including phenoxy) is 2. The summed E-state index contributed by atoms with van der Waals surface area (Å²) in [5, 5.41) is 18.9. The molecule has 5 atom stereocenters. The Morgan fingerprint density at radius 1 is 1.09 bits per heavy atom. The predicted octanol–water partition coefficient (Wildman–Crippen LogP) is 4.99. The molecule has 3 aromatic carbocycles. The summed E-state index contributed by atoms with van der Waals surface area (Å²) in [5.74, 6) is -0.292. The fraction of sp³-hybridized carbons (Fsp3) is 0.344. The summed E-state index contributed by atoms with van der Waals surface area (Å²) in [5.41, 5.74) is 5.88. The Morgan fingerprint density at radius 2 is 1.84 bits per heavy atom. The van der Waals surface area contributed by atoms with Gasteiger partial charge in [0, 0.05) is 23.2 Å². The Bertz CT molecular complexity index is 1700. The van der Waals surface area contributed by atoms with Gasteiger partial charge in [-0.1, -0.05) is 37.3 Å². The van der Waals surface area contributed by atoms with Gasteiger partial charge < -0.3 is 30.9 Å². The standard InChI is InChI=1S/C32H34F3N5O4/c1-4-17(2)43-24-13-11-23(22-12-14-26(32(33,34)35)39-27(22)24)31-40-28(25(16-36)44-31)30(42)37-18(3)29(41)38-21-10-9-19-7-5-6-8-20(19)15-21/h5-15,17-18,25,28-29,38,41H,4,16,36H2,1-3H3,(H,37,42)/t17?,18-,25?,28?,29?/m1/s1. The number of aliphatic hydroxyl groups is 1. The SMILES string of the molecule is CCC(C)Oc1ccc(C2=NC(C(=O)N[C@H](C)C(O)Nc3ccc4ccccc4c3)C(CN)O2)c2ccc(C(F)(F)F)nc12. The van der Waals surface area contributed by atoms with Gasteiger partial charge in [-0.15, -0.1) is 0 Å². The molecule has 1 aliphatic rings. The van der Waals surface area contributed by atoms with Crippen molar-refractivity contribution < 1.29 is 32.5 Å². The number of benzene rings is 3. The maximum atomic E-state index is 13.5. The van der Waals surface area contributed by atoms with Crippen molar-refractivity contribution in [3.05, 3.63) is 78.0 Å². The van der Waals surface area contributed by atoms with Crippen LogP contribution in [0.25, 0.3) is 21.7 Å². The molecule has 5 rings (SSSR count). The summed E-state index contributed by atoms with van der Waals surface area (Å²) in [6, 6.07) is 17.0. The first-order valence-electron chi connectivity index (χ1n) is 14.3. The molecule has 1 amide bonds. The van der Waals surface area contributed by atoms with Crippen LogP contribution in [0, 0.1) is 0 Å². The van der Waals surface area contributed by atoms with Crippen LogP contribution in [0.5, 0.6) is 5.75 Å². The van der Waals surface area contributed by atoms with Gasteiger partial charge in [-0.05, 0) is 67.4 Å². The number of aliphatic hydroxyl groups excluding tert-OH is 1. The molecule has 2 heterocycles. The number of hydrogen-bond donors (Lipinski definition) is 4. The summed E-state index contributed by atoms with van der Waals surface area (Å²) < 4.78 is 52.4. The Balaban J connectivity index is 1.37. The second kappa shape index (κ2) is 12.7. The van der Waals surface area contributed by atoms with Crippen molar-refractivity contribution in [2.75, 3.05) is 11.9 Å². The fourth-order valence-electron chi connectivity index (χ4n) is 4.88. The number of aromatic nitrogens is 1. The van der Waals surface area contributed by atoms with Gasteiger partial charge in [-0.3, -0.25) is 4.79 Å². The highest BCUT2D eigenvalue weighted by Crippen LogP contribution is 2.35. The topological polar surface area (TPSA) is 131 Å². The number of pyridine rings is 1. The molecule has 5 N–H and O–H groups in total. The van der Waals surface area contributed by atoms with Crippen LogP contribution in [-0.4, -0.2) is 59.0 Å². The van der Waals surface area contributed by atoms with Crippen LogP contribution in [0.3, 0.4) is 0 Å². The molecule has 44 heavy (non-hydrogen) atoms. The molecule has 0 saturated carbocycles. The molecule has 0 fully saturated rings. The first-order chi connectivity index (χ1) is 21.0. The monoisotopic (exact) mass is 609 g/mol. The number of nitrogens with two attached hydrogens (primary N) is 1. The molecule has 9 nitrogen and oxygen atoms in total. The second-order valence-electron chi connectivity index (χ2n) is 10.8. The van der Waals surface area contributed by atoms with E-state index < -0.39 is 42.2 Å². The summed E-state index contributed by atoms with van der Waals surface area (Å²) >= 11 is 0. The van der Waals surface area contributed by atoms with Crippen LogP contribution < -0.4 is 21.1 Å². The summed E-state index contributed by atoms with van der Waals surface area (Å²) in [6.45, 7) is 5.29. The number of carbonyl (C=O) groups excluding carboxylic acids is 1. The van der Waals surface area contributed by atoms with Gasteiger partial charge in [-0.25, -0.2) is 9.98 Å². The van der Waals surface area contributed by atoms with Crippen molar-refractivity contribution in [1.82, 2.24) is 10.3 Å². The minimum atomic E-state index is -4.66. The summed E-state index contributed by atoms with van der Waals surface area (Å²) in [6.07, 6.45) is -6.24. The zero-order chi connectivity index (χ0) is 31.6. The highest BCUT2D eigenvalue weighted by atomic mass is 19.4. The lowest BCUT2D eigenvalue weighted by Crippen LogP contribution is -2.50. The number of anilines is 1. The molecule has 0 bridgehead atoms. The van der Waals surface area contributed by atoms with Crippen molar-refractivity contribution in [2.24, 2.45) is 10.7 Å². The summed E-state index contributed by atoms with van der Waals surface area (Å²) in [7, 11) is 0. The van der Waals surface area contributed by atoms with E-state index >= 15 is 0 Å². The van der Waals surface area contributed by atoms with Gasteiger partial charge in [0.25, 0.3) is 0 Å². The van der Waals surface area contributed by atoms with Crippen LogP contribution in [-0.2, 0) is 15.7 Å². The van der Waals surface area contributed by atoms with Gasteiger partial charge in [-0.2, -0.15) is 13.2 Å². The molecule has 1 aliphatic heterocycles. The first-order valence-corrected chi connectivity index (χ1v) is 14.3. The van der Waals surface area contributed by atoms with E-state index in [1.54, 1.807) is 13.0 Å². The number of aliphatic imine (C=N–C) groups is 1. The van der Waals surface area contributed by atoms with Crippen molar-refractivity contribution >= 4 is 39.2 Å². The van der Waals surface area contributed by atoms with Crippen molar-refractivity contribution in [3.8, 4) is 5.75 Å². The van der Waals surface area contributed by atoms with Crippen molar-refractivity contribution in [3.63, 3.8) is 0 Å². The molecule has 4 unspecified atom stereocenters. The van der Waals surface area contributed by atoms with Gasteiger partial charge in [0.15, 0.2) is 6.04 Å². The number of halogens is 3. The third-order valence-electron chi connectivity index (χ3n) is 7.52. The number of nitrogens with zero attached hydrogens (tertiary/aromatic N) is 2. The van der Waals surface area contributed by atoms with Crippen molar-refractivity contribution in [2.45, 2.75) is 63.9 Å². The zero-order valence-corrected chi connectivity index (χ0v) is 24.4. The van der Waals surface area contributed by atoms with E-state index in [0.29, 0.717) is 23.1 Å². The zero-order valence-electron chi connectivity index (χ0n) is 24.4. The molecule has 0 spiro atoms. The quantitative estimate of drug-likeness (QED) is 0.186. The third kappa shape index (κ3) is 6.56. The van der Waals surface area contributed by atoms with Crippen LogP contribution >= 0.6 is 0 Å². The van der Waals surface area contributed by atoms with E-state index in [-0.39, 0.29) is 29.8 Å². The first kappa shape index (κ1) is 31.0. The largest absolute Gasteiger partial charge is 0.488 e.